The molecule has 13 heteroatoms. The molecule has 0 aliphatic heterocycles. The zero-order valence-corrected chi connectivity index (χ0v) is 18.3. The molecular formula is C21H18F3N7O2S. The van der Waals surface area contributed by atoms with Gasteiger partial charge in [0.15, 0.2) is 5.65 Å². The molecule has 9 nitrogen and oxygen atoms in total. The summed E-state index contributed by atoms with van der Waals surface area (Å²) in [6.45, 7) is 2.40. The van der Waals surface area contributed by atoms with Gasteiger partial charge >= 0.3 is 11.9 Å². The zero-order valence-electron chi connectivity index (χ0n) is 17.5. The van der Waals surface area contributed by atoms with Crippen molar-refractivity contribution in [3.8, 4) is 10.6 Å². The lowest BCUT2D eigenvalue weighted by atomic mass is 10.2. The van der Waals surface area contributed by atoms with E-state index in [2.05, 4.69) is 31.9 Å². The van der Waals surface area contributed by atoms with Crippen LogP contribution in [0.1, 0.15) is 28.1 Å². The van der Waals surface area contributed by atoms with Crippen LogP contribution in [0.2, 0.25) is 0 Å². The summed E-state index contributed by atoms with van der Waals surface area (Å²) in [4.78, 5) is 34.4. The number of nitrogens with zero attached hydrogens (tertiary/aromatic N) is 3. The fraction of sp³-hybridized carbons (Fsp3) is 0.238. The fourth-order valence-electron chi connectivity index (χ4n) is 3.32. The highest BCUT2D eigenvalue weighted by Crippen LogP contribution is 2.32. The third-order valence-corrected chi connectivity index (χ3v) is 6.20. The Labute approximate surface area is 193 Å². The number of alkyl halides is 3. The molecule has 34 heavy (non-hydrogen) atoms. The van der Waals surface area contributed by atoms with Crippen LogP contribution in [0, 0.1) is 0 Å². The predicted molar refractivity (Wildman–Crippen MR) is 121 cm³/mol. The van der Waals surface area contributed by atoms with Gasteiger partial charge < -0.3 is 20.6 Å². The molecule has 0 radical (unpaired) electrons. The summed E-state index contributed by atoms with van der Waals surface area (Å²) in [5.74, 6) is -0.111. The van der Waals surface area contributed by atoms with Crippen molar-refractivity contribution in [1.29, 1.82) is 0 Å². The Bertz CT molecular complexity index is 1560. The maximum atomic E-state index is 12.4. The molecule has 4 aromatic rings. The van der Waals surface area contributed by atoms with E-state index < -0.39 is 18.6 Å². The average Bonchev–Trinajstić information content (AvgIpc) is 3.16. The zero-order chi connectivity index (χ0) is 24.0. The predicted octanol–water partition coefficient (Wildman–Crippen LogP) is 1.58. The van der Waals surface area contributed by atoms with E-state index in [9.17, 15) is 22.8 Å². The SMILES string of the molecule is C=c1[nH]c(=O)[nH]/c1=C\c1cnn2c(NC3CC3)cc(-c3ccc(C(=O)NCC(F)(F)F)s3)nc12. The lowest BCUT2D eigenvalue weighted by Crippen LogP contribution is -2.33. The number of halogens is 3. The van der Waals surface area contributed by atoms with Crippen molar-refractivity contribution in [2.24, 2.45) is 0 Å². The molecule has 1 amide bonds. The molecule has 0 unspecified atom stereocenters. The molecule has 1 aliphatic rings. The van der Waals surface area contributed by atoms with E-state index in [-0.39, 0.29) is 10.6 Å². The molecule has 0 bridgehead atoms. The second-order valence-electron chi connectivity index (χ2n) is 7.86. The van der Waals surface area contributed by atoms with Crippen LogP contribution >= 0.6 is 11.3 Å². The van der Waals surface area contributed by atoms with Crippen molar-refractivity contribution in [1.82, 2.24) is 29.9 Å². The molecule has 4 aromatic heterocycles. The van der Waals surface area contributed by atoms with Crippen LogP contribution < -0.4 is 27.0 Å². The summed E-state index contributed by atoms with van der Waals surface area (Å²) in [7, 11) is 0. The number of H-pyrrole nitrogens is 2. The minimum Gasteiger partial charge on any atom is -0.367 e. The number of aromatic amines is 2. The summed E-state index contributed by atoms with van der Waals surface area (Å²) in [6.07, 6.45) is 0.872. The number of hydrogen-bond acceptors (Lipinski definition) is 6. The van der Waals surface area contributed by atoms with Crippen molar-refractivity contribution in [3.05, 3.63) is 56.0 Å². The second kappa shape index (κ2) is 8.17. The Morgan fingerprint density at radius 1 is 1.32 bits per heavy atom. The highest BCUT2D eigenvalue weighted by Gasteiger charge is 2.28. The summed E-state index contributed by atoms with van der Waals surface area (Å²) in [5, 5.41) is 10.6. The van der Waals surface area contributed by atoms with Crippen molar-refractivity contribution in [3.63, 3.8) is 0 Å². The number of amides is 1. The largest absolute Gasteiger partial charge is 0.405 e. The van der Waals surface area contributed by atoms with Crippen LogP contribution in [0.5, 0.6) is 0 Å². The molecule has 1 saturated carbocycles. The van der Waals surface area contributed by atoms with Gasteiger partial charge in [0.05, 0.1) is 32.3 Å². The van der Waals surface area contributed by atoms with E-state index in [0.29, 0.717) is 44.3 Å². The number of hydrogen-bond donors (Lipinski definition) is 4. The number of imidazole rings is 1. The van der Waals surface area contributed by atoms with Gasteiger partial charge in [0.1, 0.15) is 12.4 Å². The van der Waals surface area contributed by atoms with Gasteiger partial charge in [-0.1, -0.05) is 6.58 Å². The van der Waals surface area contributed by atoms with Gasteiger partial charge in [0.25, 0.3) is 5.91 Å². The molecule has 4 heterocycles. The molecule has 0 saturated heterocycles. The third-order valence-electron chi connectivity index (χ3n) is 5.10. The van der Waals surface area contributed by atoms with Crippen LogP contribution in [-0.2, 0) is 0 Å². The molecule has 1 fully saturated rings. The molecule has 0 atom stereocenters. The Morgan fingerprint density at radius 3 is 2.79 bits per heavy atom. The summed E-state index contributed by atoms with van der Waals surface area (Å²) < 4.78 is 38.9. The number of carbonyl (C=O) groups is 1. The summed E-state index contributed by atoms with van der Waals surface area (Å²) in [5.41, 5.74) is 1.27. The molecule has 5 rings (SSSR count). The van der Waals surface area contributed by atoms with E-state index in [1.807, 2.05) is 5.32 Å². The molecule has 1 aliphatic carbocycles. The monoisotopic (exact) mass is 489 g/mol. The third kappa shape index (κ3) is 4.59. The van der Waals surface area contributed by atoms with Crippen molar-refractivity contribution in [2.45, 2.75) is 25.1 Å². The van der Waals surface area contributed by atoms with Crippen LogP contribution in [0.3, 0.4) is 0 Å². The minimum absolute atomic E-state index is 0.143. The number of fused-ring (bicyclic) bond motifs is 1. The van der Waals surface area contributed by atoms with Gasteiger partial charge in [0.2, 0.25) is 0 Å². The van der Waals surface area contributed by atoms with E-state index in [4.69, 9.17) is 0 Å². The fourth-order valence-corrected chi connectivity index (χ4v) is 4.21. The van der Waals surface area contributed by atoms with Gasteiger partial charge in [-0.05, 0) is 31.1 Å². The highest BCUT2D eigenvalue weighted by atomic mass is 32.1. The van der Waals surface area contributed by atoms with Crippen molar-refractivity contribution in [2.75, 3.05) is 11.9 Å². The quantitative estimate of drug-likeness (QED) is 0.328. The maximum absolute atomic E-state index is 12.4. The van der Waals surface area contributed by atoms with Gasteiger partial charge in [-0.15, -0.1) is 11.3 Å². The van der Waals surface area contributed by atoms with Crippen LogP contribution in [-0.4, -0.2) is 49.2 Å². The first-order valence-electron chi connectivity index (χ1n) is 10.3. The number of nitrogens with one attached hydrogen (secondary N) is 4. The highest BCUT2D eigenvalue weighted by molar-refractivity contribution is 7.17. The Kier molecular flexibility index (Phi) is 5.27. The van der Waals surface area contributed by atoms with Gasteiger partial charge in [0, 0.05) is 17.7 Å². The molecular weight excluding hydrogens is 471 g/mol. The first-order chi connectivity index (χ1) is 16.2. The van der Waals surface area contributed by atoms with Crippen LogP contribution in [0.15, 0.2) is 29.2 Å². The van der Waals surface area contributed by atoms with Crippen molar-refractivity contribution < 1.29 is 18.0 Å². The minimum atomic E-state index is -4.49. The van der Waals surface area contributed by atoms with Gasteiger partial charge in [-0.3, -0.25) is 4.79 Å². The molecule has 4 N–H and O–H groups in total. The second-order valence-corrected chi connectivity index (χ2v) is 8.94. The maximum Gasteiger partial charge on any atom is 0.405 e. The normalized spacial score (nSPS) is 14.6. The standard InChI is InChI=1S/C21H18F3N7O2S/c1-10-13(30-20(33)27-10)6-11-8-26-31-17(28-12-2-3-12)7-14(29-18(11)31)15-4-5-16(34-15)19(32)25-9-21(22,23)24/h4-8,12,28H,1-3,9H2,(H,25,32)(H2,27,30,33)/b13-6-. The van der Waals surface area contributed by atoms with E-state index in [0.717, 1.165) is 24.2 Å². The first kappa shape index (κ1) is 21.9. The van der Waals surface area contributed by atoms with E-state index >= 15 is 0 Å². The van der Waals surface area contributed by atoms with Crippen molar-refractivity contribution >= 4 is 41.4 Å². The number of carbonyl (C=O) groups excluding carboxylic acids is 1. The van der Waals surface area contributed by atoms with E-state index in [1.165, 1.54) is 6.07 Å². The number of rotatable bonds is 6. The Balaban J connectivity index is 1.55. The number of thiophene rings is 1. The van der Waals surface area contributed by atoms with Gasteiger partial charge in [-0.25, -0.2) is 9.78 Å². The Morgan fingerprint density at radius 2 is 2.12 bits per heavy atom. The topological polar surface area (TPSA) is 120 Å². The van der Waals surface area contributed by atoms with Gasteiger partial charge in [-0.2, -0.15) is 22.8 Å². The first-order valence-corrected chi connectivity index (χ1v) is 11.1. The summed E-state index contributed by atoms with van der Waals surface area (Å²) >= 11 is 1.04. The smallest absolute Gasteiger partial charge is 0.367 e. The van der Waals surface area contributed by atoms with Crippen LogP contribution in [0.4, 0.5) is 19.0 Å². The number of anilines is 1. The lowest BCUT2D eigenvalue weighted by Gasteiger charge is -2.09. The number of aromatic nitrogens is 5. The van der Waals surface area contributed by atoms with Crippen LogP contribution in [0.25, 0.3) is 28.9 Å². The Hall–Kier alpha value is -3.87. The average molecular weight is 489 g/mol. The van der Waals surface area contributed by atoms with E-state index in [1.54, 1.807) is 28.9 Å². The molecule has 176 valence electrons. The molecule has 0 aromatic carbocycles. The summed E-state index contributed by atoms with van der Waals surface area (Å²) in [6, 6.07) is 5.21. The molecule has 0 spiro atoms. The lowest BCUT2D eigenvalue weighted by molar-refractivity contribution is -0.123.